The minimum Gasteiger partial charge on any atom is -0.369 e. The molecule has 4 nitrogen and oxygen atoms in total. The molecule has 2 aromatic rings. The van der Waals surface area contributed by atoms with Gasteiger partial charge in [0, 0.05) is 18.6 Å². The lowest BCUT2D eigenvalue weighted by atomic mass is 9.73. The average molecular weight is 410 g/mol. The number of hydrogen-bond donors (Lipinski definition) is 1. The van der Waals surface area contributed by atoms with Crippen LogP contribution in [0, 0.1) is 0 Å². The number of nitrogens with zero attached hydrogens (tertiary/aromatic N) is 2. The van der Waals surface area contributed by atoms with Gasteiger partial charge in [-0.15, -0.1) is 0 Å². The smallest absolute Gasteiger partial charge is 0.228 e. The van der Waals surface area contributed by atoms with Gasteiger partial charge in [0.25, 0.3) is 0 Å². The zero-order valence-corrected chi connectivity index (χ0v) is 19.6. The van der Waals surface area contributed by atoms with Gasteiger partial charge in [0.15, 0.2) is 0 Å². The molecule has 0 aliphatic heterocycles. The molecule has 2 aromatic carbocycles. The van der Waals surface area contributed by atoms with Gasteiger partial charge in [-0.25, -0.2) is 0 Å². The number of carbonyl (C=O) groups excluding carboxylic acids is 1. The first-order valence-corrected chi connectivity index (χ1v) is 11.0. The number of hydrogen-bond acceptors (Lipinski definition) is 3. The Hall–Kier alpha value is -2.17. The minimum atomic E-state index is -0.679. The summed E-state index contributed by atoms with van der Waals surface area (Å²) in [5.41, 5.74) is 8.76. The molecular formula is C26H39N3O. The van der Waals surface area contributed by atoms with E-state index < -0.39 is 5.41 Å². The van der Waals surface area contributed by atoms with Gasteiger partial charge in [0.1, 0.15) is 0 Å². The number of benzene rings is 2. The first-order chi connectivity index (χ1) is 14.2. The fourth-order valence-electron chi connectivity index (χ4n) is 4.26. The van der Waals surface area contributed by atoms with Gasteiger partial charge in [-0.2, -0.15) is 0 Å². The van der Waals surface area contributed by atoms with Crippen LogP contribution in [0.15, 0.2) is 54.6 Å². The van der Waals surface area contributed by atoms with Crippen molar-refractivity contribution in [1.82, 2.24) is 9.80 Å². The highest BCUT2D eigenvalue weighted by atomic mass is 16.1. The topological polar surface area (TPSA) is 49.6 Å². The van der Waals surface area contributed by atoms with Crippen LogP contribution >= 0.6 is 0 Å². The van der Waals surface area contributed by atoms with Crippen molar-refractivity contribution in [2.45, 2.75) is 58.0 Å². The van der Waals surface area contributed by atoms with Gasteiger partial charge in [-0.1, -0.05) is 54.6 Å². The molecule has 0 radical (unpaired) electrons. The van der Waals surface area contributed by atoms with E-state index in [2.05, 4.69) is 73.9 Å². The van der Waals surface area contributed by atoms with E-state index in [4.69, 9.17) is 5.73 Å². The molecule has 0 aliphatic rings. The second kappa shape index (κ2) is 10.7. The first-order valence-electron chi connectivity index (χ1n) is 11.0. The predicted octanol–water partition coefficient (Wildman–Crippen LogP) is 4.54. The largest absolute Gasteiger partial charge is 0.369 e. The molecule has 0 aromatic heterocycles. The first kappa shape index (κ1) is 24.1. The van der Waals surface area contributed by atoms with Gasteiger partial charge in [0.2, 0.25) is 5.91 Å². The summed E-state index contributed by atoms with van der Waals surface area (Å²) in [6.45, 7) is 10.5. The lowest BCUT2D eigenvalue weighted by Gasteiger charge is -2.37. The second-order valence-corrected chi connectivity index (χ2v) is 9.12. The van der Waals surface area contributed by atoms with Crippen molar-refractivity contribution in [2.75, 3.05) is 27.2 Å². The van der Waals surface area contributed by atoms with Crippen molar-refractivity contribution >= 4 is 5.91 Å². The van der Waals surface area contributed by atoms with Gasteiger partial charge in [-0.3, -0.25) is 9.69 Å². The summed E-state index contributed by atoms with van der Waals surface area (Å²) in [5, 5.41) is 0. The van der Waals surface area contributed by atoms with E-state index in [1.165, 1.54) is 5.56 Å². The maximum absolute atomic E-state index is 12.9. The number of nitrogens with two attached hydrogens (primary N) is 1. The van der Waals surface area contributed by atoms with Gasteiger partial charge >= 0.3 is 0 Å². The Balaban J connectivity index is 2.39. The molecule has 1 amide bonds. The summed E-state index contributed by atoms with van der Waals surface area (Å²) in [7, 11) is 4.08. The summed E-state index contributed by atoms with van der Waals surface area (Å²) in [4.78, 5) is 17.5. The van der Waals surface area contributed by atoms with Gasteiger partial charge < -0.3 is 10.6 Å². The van der Waals surface area contributed by atoms with E-state index in [1.54, 1.807) is 0 Å². The van der Waals surface area contributed by atoms with Crippen LogP contribution in [0.25, 0.3) is 11.1 Å². The van der Waals surface area contributed by atoms with Crippen molar-refractivity contribution in [3.63, 3.8) is 0 Å². The van der Waals surface area contributed by atoms with Crippen LogP contribution in [0.4, 0.5) is 0 Å². The standard InChI is InChI=1S/C26H39N3O/c1-20(2)29(21(3)4)19-17-26(25(27)30,16-18-28(5)6)24-14-12-23(13-15-24)22-10-8-7-9-11-22/h7-15,20-21H,16-19H2,1-6H3,(H2,27,30). The Kier molecular flexibility index (Phi) is 8.63. The molecule has 30 heavy (non-hydrogen) atoms. The Labute approximate surface area is 183 Å². The highest BCUT2D eigenvalue weighted by molar-refractivity contribution is 5.87. The third-order valence-electron chi connectivity index (χ3n) is 6.13. The van der Waals surface area contributed by atoms with E-state index in [0.29, 0.717) is 18.5 Å². The molecule has 4 heteroatoms. The van der Waals surface area contributed by atoms with E-state index in [9.17, 15) is 4.79 Å². The van der Waals surface area contributed by atoms with Crippen LogP contribution < -0.4 is 5.73 Å². The van der Waals surface area contributed by atoms with Crippen molar-refractivity contribution in [3.05, 3.63) is 60.2 Å². The van der Waals surface area contributed by atoms with Gasteiger partial charge in [0.05, 0.1) is 5.41 Å². The second-order valence-electron chi connectivity index (χ2n) is 9.12. The molecule has 0 saturated heterocycles. The molecule has 2 rings (SSSR count). The lowest BCUT2D eigenvalue weighted by molar-refractivity contribution is -0.124. The Bertz CT molecular complexity index is 776. The summed E-state index contributed by atoms with van der Waals surface area (Å²) < 4.78 is 0. The van der Waals surface area contributed by atoms with Crippen molar-refractivity contribution < 1.29 is 4.79 Å². The van der Waals surface area contributed by atoms with E-state index in [1.807, 2.05) is 32.3 Å². The minimum absolute atomic E-state index is 0.232. The number of carbonyl (C=O) groups is 1. The van der Waals surface area contributed by atoms with E-state index in [0.717, 1.165) is 30.6 Å². The van der Waals surface area contributed by atoms with Crippen molar-refractivity contribution in [2.24, 2.45) is 5.73 Å². The third kappa shape index (κ3) is 5.93. The van der Waals surface area contributed by atoms with Crippen LogP contribution in [0.3, 0.4) is 0 Å². The molecule has 164 valence electrons. The van der Waals surface area contributed by atoms with Crippen LogP contribution in [0.1, 0.15) is 46.1 Å². The molecular weight excluding hydrogens is 370 g/mol. The average Bonchev–Trinajstić information content (AvgIpc) is 2.70. The van der Waals surface area contributed by atoms with Gasteiger partial charge in [-0.05, 0) is 77.9 Å². The quantitative estimate of drug-likeness (QED) is 0.593. The number of rotatable bonds is 11. The predicted molar refractivity (Wildman–Crippen MR) is 128 cm³/mol. The molecule has 0 saturated carbocycles. The fraction of sp³-hybridized carbons (Fsp3) is 0.500. The summed E-state index contributed by atoms with van der Waals surface area (Å²) in [6, 6.07) is 19.6. The maximum atomic E-state index is 12.9. The van der Waals surface area contributed by atoms with Crippen LogP contribution in [-0.4, -0.2) is 55.0 Å². The lowest BCUT2D eigenvalue weighted by Crippen LogP contribution is -2.47. The molecule has 1 atom stereocenters. The van der Waals surface area contributed by atoms with Crippen LogP contribution in [-0.2, 0) is 10.2 Å². The number of amides is 1. The molecule has 0 fully saturated rings. The molecule has 0 heterocycles. The van der Waals surface area contributed by atoms with Crippen molar-refractivity contribution in [3.8, 4) is 11.1 Å². The monoisotopic (exact) mass is 409 g/mol. The SMILES string of the molecule is CC(C)N(CCC(CCN(C)C)(C(N)=O)c1ccc(-c2ccccc2)cc1)C(C)C. The van der Waals surface area contributed by atoms with E-state index >= 15 is 0 Å². The van der Waals surface area contributed by atoms with E-state index in [-0.39, 0.29) is 5.91 Å². The summed E-state index contributed by atoms with van der Waals surface area (Å²) in [5.74, 6) is -0.232. The maximum Gasteiger partial charge on any atom is 0.228 e. The molecule has 0 aliphatic carbocycles. The molecule has 0 spiro atoms. The summed E-state index contributed by atoms with van der Waals surface area (Å²) in [6.07, 6.45) is 1.43. The molecule has 1 unspecified atom stereocenters. The highest BCUT2D eigenvalue weighted by Crippen LogP contribution is 2.34. The fourth-order valence-corrected chi connectivity index (χ4v) is 4.26. The van der Waals surface area contributed by atoms with Crippen LogP contribution in [0.5, 0.6) is 0 Å². The Morgan fingerprint density at radius 1 is 0.833 bits per heavy atom. The summed E-state index contributed by atoms with van der Waals surface area (Å²) >= 11 is 0. The normalized spacial score (nSPS) is 13.9. The zero-order valence-electron chi connectivity index (χ0n) is 19.6. The Morgan fingerprint density at radius 2 is 1.33 bits per heavy atom. The highest BCUT2D eigenvalue weighted by Gasteiger charge is 2.38. The van der Waals surface area contributed by atoms with Crippen LogP contribution in [0.2, 0.25) is 0 Å². The zero-order chi connectivity index (χ0) is 22.3. The molecule has 0 bridgehead atoms. The third-order valence-corrected chi connectivity index (χ3v) is 6.13. The Morgan fingerprint density at radius 3 is 1.80 bits per heavy atom. The molecule has 2 N–H and O–H groups in total. The van der Waals surface area contributed by atoms with Crippen molar-refractivity contribution in [1.29, 1.82) is 0 Å². The number of primary amides is 1.